The van der Waals surface area contributed by atoms with Crippen molar-refractivity contribution < 1.29 is 14.6 Å². The van der Waals surface area contributed by atoms with Crippen molar-refractivity contribution in [1.82, 2.24) is 16.0 Å². The summed E-state index contributed by atoms with van der Waals surface area (Å²) in [7, 11) is 1.73. The van der Waals surface area contributed by atoms with E-state index in [-0.39, 0.29) is 17.9 Å². The summed E-state index contributed by atoms with van der Waals surface area (Å²) in [6.07, 6.45) is 2.57. The Hall–Kier alpha value is -2.12. The van der Waals surface area contributed by atoms with Gasteiger partial charge in [0.2, 0.25) is 0 Å². The van der Waals surface area contributed by atoms with Crippen LogP contribution >= 0.6 is 0 Å². The van der Waals surface area contributed by atoms with Crippen LogP contribution in [0.25, 0.3) is 0 Å². The summed E-state index contributed by atoms with van der Waals surface area (Å²) in [6, 6.07) is 7.58. The lowest BCUT2D eigenvalue weighted by Crippen LogP contribution is -2.44. The fourth-order valence-corrected chi connectivity index (χ4v) is 3.15. The number of amides is 1. The third-order valence-electron chi connectivity index (χ3n) is 4.87. The molecule has 1 aliphatic heterocycles. The van der Waals surface area contributed by atoms with E-state index in [1.165, 1.54) is 0 Å². The Morgan fingerprint density at radius 3 is 2.85 bits per heavy atom. The van der Waals surface area contributed by atoms with Crippen LogP contribution in [0.4, 0.5) is 0 Å². The minimum atomic E-state index is -0.0478. The highest BCUT2D eigenvalue weighted by molar-refractivity contribution is 5.94. The number of carbonyl (C=O) groups is 1. The van der Waals surface area contributed by atoms with Gasteiger partial charge in [0.05, 0.1) is 6.61 Å². The first kappa shape index (κ1) is 21.2. The van der Waals surface area contributed by atoms with E-state index in [4.69, 9.17) is 4.74 Å². The summed E-state index contributed by atoms with van der Waals surface area (Å²) in [5.74, 6) is 0.647. The van der Waals surface area contributed by atoms with E-state index in [0.29, 0.717) is 44.2 Å². The molecule has 0 spiro atoms. The largest absolute Gasteiger partial charge is 0.396 e. The molecule has 1 fully saturated rings. The highest BCUT2D eigenvalue weighted by Gasteiger charge is 2.34. The van der Waals surface area contributed by atoms with Crippen molar-refractivity contribution in [3.8, 4) is 0 Å². The third-order valence-corrected chi connectivity index (χ3v) is 4.87. The minimum absolute atomic E-state index is 0.0380. The van der Waals surface area contributed by atoms with Crippen LogP contribution in [-0.2, 0) is 11.3 Å². The molecular weight excluding hydrogens is 344 g/mol. The topological polar surface area (TPSA) is 95.0 Å². The van der Waals surface area contributed by atoms with E-state index >= 15 is 0 Å². The molecule has 0 saturated carbocycles. The molecule has 1 unspecified atom stereocenters. The Balaban J connectivity index is 1.87. The zero-order valence-corrected chi connectivity index (χ0v) is 16.4. The van der Waals surface area contributed by atoms with Crippen LogP contribution in [0, 0.1) is 5.41 Å². The standard InChI is InChI=1S/C20H32N4O3/c1-3-9-22-18(26)17-6-4-5-16(12-17)13-23-19(21-2)24-14-20(7-10-25)8-11-27-15-20/h4-6,12,25H,3,7-11,13-15H2,1-2H3,(H,22,26)(H2,21,23,24). The van der Waals surface area contributed by atoms with E-state index in [0.717, 1.165) is 25.0 Å². The molecule has 1 atom stereocenters. The van der Waals surface area contributed by atoms with Gasteiger partial charge in [-0.05, 0) is 37.0 Å². The van der Waals surface area contributed by atoms with Crippen molar-refractivity contribution in [2.75, 3.05) is 40.0 Å². The summed E-state index contributed by atoms with van der Waals surface area (Å²) < 4.78 is 5.52. The van der Waals surface area contributed by atoms with Gasteiger partial charge in [0.25, 0.3) is 5.91 Å². The van der Waals surface area contributed by atoms with Gasteiger partial charge >= 0.3 is 0 Å². The molecular formula is C20H32N4O3. The van der Waals surface area contributed by atoms with Crippen molar-refractivity contribution in [3.05, 3.63) is 35.4 Å². The molecule has 1 aliphatic rings. The van der Waals surface area contributed by atoms with Gasteiger partial charge in [0, 0.05) is 50.9 Å². The zero-order chi connectivity index (χ0) is 19.5. The van der Waals surface area contributed by atoms with E-state index in [2.05, 4.69) is 20.9 Å². The van der Waals surface area contributed by atoms with Gasteiger partial charge in [0.1, 0.15) is 0 Å². The number of nitrogens with zero attached hydrogens (tertiary/aromatic N) is 1. The van der Waals surface area contributed by atoms with Crippen molar-refractivity contribution >= 4 is 11.9 Å². The highest BCUT2D eigenvalue weighted by atomic mass is 16.5. The second-order valence-electron chi connectivity index (χ2n) is 7.01. The molecule has 4 N–H and O–H groups in total. The summed E-state index contributed by atoms with van der Waals surface area (Å²) >= 11 is 0. The van der Waals surface area contributed by atoms with Crippen LogP contribution in [0.2, 0.25) is 0 Å². The van der Waals surface area contributed by atoms with Gasteiger partial charge in [-0.15, -0.1) is 0 Å². The number of benzene rings is 1. The number of hydrogen-bond acceptors (Lipinski definition) is 4. The lowest BCUT2D eigenvalue weighted by atomic mass is 9.84. The molecule has 1 aromatic carbocycles. The molecule has 150 valence electrons. The number of hydrogen-bond donors (Lipinski definition) is 4. The predicted molar refractivity (Wildman–Crippen MR) is 107 cm³/mol. The van der Waals surface area contributed by atoms with Gasteiger partial charge in [0.15, 0.2) is 5.96 Å². The molecule has 2 rings (SSSR count). The maximum absolute atomic E-state index is 12.1. The SMILES string of the molecule is CCCNC(=O)c1cccc(CNC(=NC)NCC2(CCO)CCOC2)c1. The second-order valence-corrected chi connectivity index (χ2v) is 7.01. The molecule has 0 bridgehead atoms. The van der Waals surface area contributed by atoms with E-state index in [1.54, 1.807) is 7.05 Å². The number of ether oxygens (including phenoxy) is 1. The average Bonchev–Trinajstić information content (AvgIpc) is 3.15. The molecule has 0 aliphatic carbocycles. The normalized spacial score (nSPS) is 19.7. The van der Waals surface area contributed by atoms with Crippen LogP contribution < -0.4 is 16.0 Å². The van der Waals surface area contributed by atoms with Crippen LogP contribution in [0.3, 0.4) is 0 Å². The lowest BCUT2D eigenvalue weighted by Gasteiger charge is -2.27. The van der Waals surface area contributed by atoms with Crippen LogP contribution in [-0.4, -0.2) is 56.9 Å². The van der Waals surface area contributed by atoms with Crippen LogP contribution in [0.15, 0.2) is 29.3 Å². The molecule has 1 amide bonds. The molecule has 7 heteroatoms. The Labute approximate surface area is 161 Å². The number of nitrogens with one attached hydrogen (secondary N) is 3. The molecule has 0 radical (unpaired) electrons. The first-order valence-corrected chi connectivity index (χ1v) is 9.63. The number of carbonyl (C=O) groups excluding carboxylic acids is 1. The quantitative estimate of drug-likeness (QED) is 0.385. The molecule has 1 heterocycles. The Bertz CT molecular complexity index is 627. The highest BCUT2D eigenvalue weighted by Crippen LogP contribution is 2.31. The second kappa shape index (κ2) is 10.9. The number of aliphatic imine (C=N–C) groups is 1. The number of aliphatic hydroxyl groups is 1. The minimum Gasteiger partial charge on any atom is -0.396 e. The fraction of sp³-hybridized carbons (Fsp3) is 0.600. The summed E-state index contributed by atoms with van der Waals surface area (Å²) in [5.41, 5.74) is 1.64. The van der Waals surface area contributed by atoms with E-state index in [9.17, 15) is 9.90 Å². The van der Waals surface area contributed by atoms with Gasteiger partial charge in [-0.25, -0.2) is 0 Å². The molecule has 1 aromatic rings. The predicted octanol–water partition coefficient (Wildman–Crippen LogP) is 1.28. The van der Waals surface area contributed by atoms with Crippen molar-refractivity contribution in [2.24, 2.45) is 10.4 Å². The smallest absolute Gasteiger partial charge is 0.251 e. The molecule has 0 aromatic heterocycles. The summed E-state index contributed by atoms with van der Waals surface area (Å²) in [4.78, 5) is 16.4. The Morgan fingerprint density at radius 2 is 2.19 bits per heavy atom. The molecule has 1 saturated heterocycles. The number of guanidine groups is 1. The molecule has 27 heavy (non-hydrogen) atoms. The van der Waals surface area contributed by atoms with Gasteiger partial charge in [-0.3, -0.25) is 9.79 Å². The number of aliphatic hydroxyl groups excluding tert-OH is 1. The maximum atomic E-state index is 12.1. The monoisotopic (exact) mass is 376 g/mol. The first-order valence-electron chi connectivity index (χ1n) is 9.63. The van der Waals surface area contributed by atoms with Crippen LogP contribution in [0.5, 0.6) is 0 Å². The molecule has 7 nitrogen and oxygen atoms in total. The average molecular weight is 377 g/mol. The zero-order valence-electron chi connectivity index (χ0n) is 16.4. The van der Waals surface area contributed by atoms with Crippen LogP contribution in [0.1, 0.15) is 42.1 Å². The first-order chi connectivity index (χ1) is 13.1. The van der Waals surface area contributed by atoms with Crippen molar-refractivity contribution in [2.45, 2.75) is 32.7 Å². The van der Waals surface area contributed by atoms with Gasteiger partial charge < -0.3 is 25.8 Å². The maximum Gasteiger partial charge on any atom is 0.251 e. The van der Waals surface area contributed by atoms with Crippen molar-refractivity contribution in [1.29, 1.82) is 0 Å². The fourth-order valence-electron chi connectivity index (χ4n) is 3.15. The van der Waals surface area contributed by atoms with Gasteiger partial charge in [-0.2, -0.15) is 0 Å². The van der Waals surface area contributed by atoms with Crippen molar-refractivity contribution in [3.63, 3.8) is 0 Å². The van der Waals surface area contributed by atoms with E-state index in [1.807, 2.05) is 31.2 Å². The number of rotatable bonds is 9. The Morgan fingerprint density at radius 1 is 1.33 bits per heavy atom. The van der Waals surface area contributed by atoms with Gasteiger partial charge in [-0.1, -0.05) is 19.1 Å². The lowest BCUT2D eigenvalue weighted by molar-refractivity contribution is 0.0953. The van der Waals surface area contributed by atoms with E-state index < -0.39 is 0 Å². The Kier molecular flexibility index (Phi) is 8.54. The summed E-state index contributed by atoms with van der Waals surface area (Å²) in [6.45, 7) is 5.53. The summed E-state index contributed by atoms with van der Waals surface area (Å²) in [5, 5.41) is 18.8. The third kappa shape index (κ3) is 6.52.